The Bertz CT molecular complexity index is 1410. The van der Waals surface area contributed by atoms with Crippen LogP contribution in [0.2, 0.25) is 5.02 Å². The number of allylic oxidation sites excluding steroid dienone is 3. The van der Waals surface area contributed by atoms with E-state index in [4.69, 9.17) is 41.7 Å². The van der Waals surface area contributed by atoms with Gasteiger partial charge in [0.1, 0.15) is 40.8 Å². The van der Waals surface area contributed by atoms with Crippen LogP contribution in [0.25, 0.3) is 0 Å². The SMILES string of the molecule is C#C[C@@H]1[C@@H]2C[C@@](O)(NC(=O)O2)[C@H](OC)/C=C/C=C(\C)Cc2cc(OC)c(Cl)c(c2)N(C)C(=O)C[C@H](OC(=O)NC)[C@]2(C)O[C@@H]12. The Balaban J connectivity index is 1.82. The van der Waals surface area contributed by atoms with E-state index in [0.29, 0.717) is 17.9 Å². The first-order chi connectivity index (χ1) is 20.8. The monoisotopic (exact) mass is 631 g/mol. The highest BCUT2D eigenvalue weighted by molar-refractivity contribution is 6.35. The fourth-order valence-electron chi connectivity index (χ4n) is 5.70. The van der Waals surface area contributed by atoms with Crippen molar-refractivity contribution in [2.45, 2.75) is 68.9 Å². The molecular formula is C31H38ClN3O9. The molecule has 12 nitrogen and oxygen atoms in total. The number of carbonyl (C=O) groups excluding carboxylic acids is 3. The summed E-state index contributed by atoms with van der Waals surface area (Å²) in [7, 11) is 5.85. The van der Waals surface area contributed by atoms with E-state index in [2.05, 4.69) is 16.6 Å². The van der Waals surface area contributed by atoms with Crippen LogP contribution in [0.1, 0.15) is 32.3 Å². The Morgan fingerprint density at radius 3 is 2.68 bits per heavy atom. The van der Waals surface area contributed by atoms with Crippen molar-refractivity contribution in [3.63, 3.8) is 0 Å². The molecule has 0 spiro atoms. The number of alkyl carbamates (subject to hydrolysis) is 2. The number of halogens is 1. The van der Waals surface area contributed by atoms with Crippen molar-refractivity contribution in [2.75, 3.05) is 33.2 Å². The number of ether oxygens (including phenoxy) is 5. The van der Waals surface area contributed by atoms with Gasteiger partial charge < -0.3 is 39.0 Å². The molecular weight excluding hydrogens is 594 g/mol. The zero-order valence-corrected chi connectivity index (χ0v) is 26.3. The summed E-state index contributed by atoms with van der Waals surface area (Å²) in [6, 6.07) is 3.57. The van der Waals surface area contributed by atoms with Crippen molar-refractivity contribution in [2.24, 2.45) is 5.92 Å². The number of terminal acetylenes is 1. The topological polar surface area (TPSA) is 148 Å². The molecule has 2 fully saturated rings. The molecule has 0 saturated carbocycles. The predicted molar refractivity (Wildman–Crippen MR) is 161 cm³/mol. The number of benzene rings is 1. The molecule has 4 bridgehead atoms. The number of nitrogens with one attached hydrogen (secondary N) is 2. The van der Waals surface area contributed by atoms with E-state index in [1.807, 2.05) is 13.0 Å². The molecule has 1 aromatic carbocycles. The summed E-state index contributed by atoms with van der Waals surface area (Å²) in [5.41, 5.74) is -0.959. The third-order valence-corrected chi connectivity index (χ3v) is 8.64. The van der Waals surface area contributed by atoms with Gasteiger partial charge in [0.15, 0.2) is 5.72 Å². The Labute approximate surface area is 261 Å². The zero-order chi connectivity index (χ0) is 32.4. The lowest BCUT2D eigenvalue weighted by Gasteiger charge is -2.41. The molecule has 7 atom stereocenters. The molecule has 3 heterocycles. The Morgan fingerprint density at radius 1 is 1.32 bits per heavy atom. The summed E-state index contributed by atoms with van der Waals surface area (Å²) < 4.78 is 28.3. The van der Waals surface area contributed by atoms with Crippen LogP contribution in [0, 0.1) is 18.3 Å². The number of methoxy groups -OCH3 is 2. The summed E-state index contributed by atoms with van der Waals surface area (Å²) >= 11 is 6.65. The first-order valence-electron chi connectivity index (χ1n) is 14.0. The molecule has 3 aliphatic rings. The number of fused-ring (bicyclic) bond motifs is 5. The second kappa shape index (κ2) is 13.1. The molecule has 44 heavy (non-hydrogen) atoms. The Kier molecular flexibility index (Phi) is 9.85. The molecule has 0 radical (unpaired) electrons. The first-order valence-corrected chi connectivity index (χ1v) is 14.4. The van der Waals surface area contributed by atoms with Crippen LogP contribution in [0.4, 0.5) is 15.3 Å². The average Bonchev–Trinajstić information content (AvgIpc) is 3.66. The number of aliphatic hydroxyl groups is 1. The van der Waals surface area contributed by atoms with E-state index in [0.717, 1.165) is 11.1 Å². The summed E-state index contributed by atoms with van der Waals surface area (Å²) in [4.78, 5) is 40.2. The minimum Gasteiger partial charge on any atom is -0.495 e. The molecule has 2 saturated heterocycles. The van der Waals surface area contributed by atoms with Crippen LogP contribution in [-0.2, 0) is 30.2 Å². The fraction of sp³-hybridized carbons (Fsp3) is 0.516. The van der Waals surface area contributed by atoms with Crippen LogP contribution in [0.15, 0.2) is 35.9 Å². The maximum Gasteiger partial charge on any atom is 0.409 e. The minimum absolute atomic E-state index is 0.137. The van der Waals surface area contributed by atoms with Gasteiger partial charge in [0, 0.05) is 27.6 Å². The first kappa shape index (κ1) is 33.1. The fourth-order valence-corrected chi connectivity index (χ4v) is 6.01. The maximum atomic E-state index is 13.7. The Hall–Kier alpha value is -3.76. The van der Waals surface area contributed by atoms with Gasteiger partial charge >= 0.3 is 12.2 Å². The van der Waals surface area contributed by atoms with E-state index in [1.54, 1.807) is 38.3 Å². The third kappa shape index (κ3) is 6.66. The lowest BCUT2D eigenvalue weighted by atomic mass is 9.83. The van der Waals surface area contributed by atoms with E-state index in [-0.39, 0.29) is 17.9 Å². The molecule has 4 rings (SSSR count). The number of anilines is 1. The van der Waals surface area contributed by atoms with E-state index < -0.39 is 59.8 Å². The number of carbonyl (C=O) groups is 3. The van der Waals surface area contributed by atoms with E-state index in [9.17, 15) is 19.5 Å². The lowest BCUT2D eigenvalue weighted by molar-refractivity contribution is -0.140. The number of amides is 3. The van der Waals surface area contributed by atoms with E-state index >= 15 is 0 Å². The average molecular weight is 632 g/mol. The van der Waals surface area contributed by atoms with Gasteiger partial charge in [-0.2, -0.15) is 0 Å². The van der Waals surface area contributed by atoms with Crippen LogP contribution in [0.5, 0.6) is 5.75 Å². The van der Waals surface area contributed by atoms with Crippen molar-refractivity contribution in [3.05, 3.63) is 46.5 Å². The number of hydrogen-bond acceptors (Lipinski definition) is 9. The molecule has 3 aliphatic heterocycles. The number of hydrogen-bond donors (Lipinski definition) is 3. The highest BCUT2D eigenvalue weighted by atomic mass is 35.5. The zero-order valence-electron chi connectivity index (χ0n) is 25.5. The van der Waals surface area contributed by atoms with Gasteiger partial charge in [0.05, 0.1) is 25.1 Å². The highest BCUT2D eigenvalue weighted by Gasteiger charge is 2.65. The van der Waals surface area contributed by atoms with Gasteiger partial charge in [0.25, 0.3) is 0 Å². The molecule has 13 heteroatoms. The van der Waals surface area contributed by atoms with Gasteiger partial charge in [-0.25, -0.2) is 9.59 Å². The number of epoxide rings is 1. The molecule has 1 aromatic rings. The summed E-state index contributed by atoms with van der Waals surface area (Å²) in [5.74, 6) is 1.70. The Morgan fingerprint density at radius 2 is 2.05 bits per heavy atom. The normalized spacial score (nSPS) is 34.2. The number of nitrogens with zero attached hydrogens (tertiary/aromatic N) is 1. The van der Waals surface area contributed by atoms with Crippen LogP contribution in [-0.4, -0.2) is 87.3 Å². The van der Waals surface area contributed by atoms with Crippen molar-refractivity contribution in [1.29, 1.82) is 0 Å². The minimum atomic E-state index is -1.87. The van der Waals surface area contributed by atoms with Crippen molar-refractivity contribution in [3.8, 4) is 18.1 Å². The van der Waals surface area contributed by atoms with Crippen LogP contribution in [0.3, 0.4) is 0 Å². The smallest absolute Gasteiger partial charge is 0.409 e. The molecule has 3 N–H and O–H groups in total. The summed E-state index contributed by atoms with van der Waals surface area (Å²) in [6.07, 6.45) is 5.63. The largest absolute Gasteiger partial charge is 0.495 e. The molecule has 0 aromatic heterocycles. The van der Waals surface area contributed by atoms with Crippen LogP contribution >= 0.6 is 11.6 Å². The predicted octanol–water partition coefficient (Wildman–Crippen LogP) is 3.09. The van der Waals surface area contributed by atoms with Gasteiger partial charge in [-0.05, 0) is 38.0 Å². The van der Waals surface area contributed by atoms with Crippen molar-refractivity contribution < 1.29 is 43.2 Å². The summed E-state index contributed by atoms with van der Waals surface area (Å²) in [6.45, 7) is 3.57. The second-order valence-electron chi connectivity index (χ2n) is 11.3. The van der Waals surface area contributed by atoms with Gasteiger partial charge in [-0.15, -0.1) is 6.42 Å². The van der Waals surface area contributed by atoms with Crippen molar-refractivity contribution >= 4 is 35.4 Å². The standard InChI is InChI=1S/C31H38ClN3O9/c1-8-19-22-16-31(39,34-29(38)42-22)23(41-7)11-9-10-17(2)12-18-13-20(26(32)21(14-18)40-6)35(5)25(36)15-24(43-28(37)33-4)30(3)27(19)44-30/h1,9-11,13-14,19,22-24,27,39H,12,15-16H2,2-7H3,(H,33,37)(H,34,38)/b11-9+,17-10+/t19-,22+,23-,24+,27+,30+,31+/m1/s1. The van der Waals surface area contributed by atoms with Gasteiger partial charge in [-0.1, -0.05) is 41.3 Å². The molecule has 0 aliphatic carbocycles. The number of rotatable bonds is 3. The van der Waals surface area contributed by atoms with Gasteiger partial charge in [-0.3, -0.25) is 10.1 Å². The third-order valence-electron chi connectivity index (χ3n) is 8.26. The van der Waals surface area contributed by atoms with Crippen LogP contribution < -0.4 is 20.3 Å². The quantitative estimate of drug-likeness (QED) is 0.338. The summed E-state index contributed by atoms with van der Waals surface area (Å²) in [5, 5.41) is 16.7. The maximum absolute atomic E-state index is 13.7. The van der Waals surface area contributed by atoms with E-state index in [1.165, 1.54) is 26.2 Å². The lowest BCUT2D eigenvalue weighted by Crippen LogP contribution is -2.63. The molecule has 3 amide bonds. The van der Waals surface area contributed by atoms with Crippen molar-refractivity contribution in [1.82, 2.24) is 10.6 Å². The highest BCUT2D eigenvalue weighted by Crippen LogP contribution is 2.49. The molecule has 0 unspecified atom stereocenters. The van der Waals surface area contributed by atoms with Gasteiger partial charge in [0.2, 0.25) is 5.91 Å². The molecule has 238 valence electrons. The second-order valence-corrected chi connectivity index (χ2v) is 11.7.